The normalized spacial score (nSPS) is 13.2. The number of ether oxygens (including phenoxy) is 5. The van der Waals surface area contributed by atoms with E-state index in [0.717, 1.165) is 0 Å². The van der Waals surface area contributed by atoms with E-state index in [0.29, 0.717) is 28.4 Å². The van der Waals surface area contributed by atoms with E-state index in [9.17, 15) is 14.8 Å². The third kappa shape index (κ3) is 4.74. The number of methoxy groups -OCH3 is 3. The molecule has 10 nitrogen and oxygen atoms in total. The van der Waals surface area contributed by atoms with Gasteiger partial charge in [0.1, 0.15) is 17.2 Å². The monoisotopic (exact) mass is 478 g/mol. The lowest BCUT2D eigenvalue weighted by Crippen LogP contribution is -2.10. The maximum Gasteiger partial charge on any atom is 0.343 e. The Balaban J connectivity index is 1.56. The number of hydrogen-bond acceptors (Lipinski definition) is 10. The summed E-state index contributed by atoms with van der Waals surface area (Å²) < 4.78 is 27.1. The first kappa shape index (κ1) is 23.6. The Morgan fingerprint density at radius 2 is 1.60 bits per heavy atom. The van der Waals surface area contributed by atoms with Crippen LogP contribution in [0.25, 0.3) is 6.08 Å². The van der Waals surface area contributed by atoms with Gasteiger partial charge < -0.3 is 34.1 Å². The number of carbonyl (C=O) groups is 2. The van der Waals surface area contributed by atoms with Crippen LogP contribution in [0, 0.1) is 5.21 Å². The summed E-state index contributed by atoms with van der Waals surface area (Å²) in [5, 5.41) is 19.5. The summed E-state index contributed by atoms with van der Waals surface area (Å²) in [7, 11) is 4.49. The first-order chi connectivity index (χ1) is 16.8. The van der Waals surface area contributed by atoms with E-state index in [1.165, 1.54) is 69.9 Å². The van der Waals surface area contributed by atoms with Gasteiger partial charge in [-0.05, 0) is 48.5 Å². The average Bonchev–Trinajstić information content (AvgIpc) is 3.17. The fourth-order valence-corrected chi connectivity index (χ4v) is 3.43. The Bertz CT molecular complexity index is 1310. The zero-order valence-electron chi connectivity index (χ0n) is 18.9. The first-order valence-electron chi connectivity index (χ1n) is 10.2. The van der Waals surface area contributed by atoms with Crippen LogP contribution in [0.15, 0.2) is 60.4 Å². The molecule has 3 aromatic carbocycles. The van der Waals surface area contributed by atoms with Crippen LogP contribution in [-0.4, -0.2) is 38.3 Å². The third-order valence-electron chi connectivity index (χ3n) is 5.20. The molecular formula is C25H20NO9-. The van der Waals surface area contributed by atoms with Crippen LogP contribution < -0.4 is 28.9 Å². The maximum atomic E-state index is 12.9. The minimum absolute atomic E-state index is 0.0311. The molecule has 0 spiro atoms. The number of nitrogens with zero attached hydrogens (tertiary/aromatic N) is 1. The highest BCUT2D eigenvalue weighted by atomic mass is 16.8. The molecule has 1 aliphatic rings. The Morgan fingerprint density at radius 3 is 2.23 bits per heavy atom. The molecule has 4 rings (SSSR count). The number of fused-ring (bicyclic) bond motifs is 1. The number of esters is 1. The zero-order valence-corrected chi connectivity index (χ0v) is 18.9. The Morgan fingerprint density at radius 1 is 0.943 bits per heavy atom. The van der Waals surface area contributed by atoms with Crippen molar-refractivity contribution < 1.29 is 38.5 Å². The number of Topliss-reactive ketones (excluding diaryl/α,β-unsaturated/α-hetero) is 1. The predicted molar refractivity (Wildman–Crippen MR) is 125 cm³/mol. The molecule has 3 aromatic rings. The average molecular weight is 478 g/mol. The number of allylic oxidation sites excluding steroid dienone is 1. The van der Waals surface area contributed by atoms with E-state index in [1.807, 2.05) is 0 Å². The largest absolute Gasteiger partial charge is 0.733 e. The molecule has 0 unspecified atom stereocenters. The molecule has 0 aromatic heterocycles. The molecule has 1 heterocycles. The van der Waals surface area contributed by atoms with E-state index >= 15 is 0 Å². The molecular weight excluding hydrogens is 458 g/mol. The number of carbonyl (C=O) groups excluding carboxylic acids is 2. The molecule has 0 fully saturated rings. The lowest BCUT2D eigenvalue weighted by Gasteiger charge is -2.21. The van der Waals surface area contributed by atoms with Crippen LogP contribution in [0.5, 0.6) is 28.7 Å². The lowest BCUT2D eigenvalue weighted by atomic mass is 10.1. The molecule has 0 aliphatic carbocycles. The summed E-state index contributed by atoms with van der Waals surface area (Å²) >= 11 is 0. The van der Waals surface area contributed by atoms with Gasteiger partial charge in [0, 0.05) is 17.7 Å². The highest BCUT2D eigenvalue weighted by Gasteiger charge is 2.29. The van der Waals surface area contributed by atoms with Crippen molar-refractivity contribution in [3.05, 3.63) is 82.3 Å². The molecule has 0 saturated carbocycles. The van der Waals surface area contributed by atoms with Crippen molar-refractivity contribution in [2.24, 2.45) is 0 Å². The highest BCUT2D eigenvalue weighted by Crippen LogP contribution is 2.39. The van der Waals surface area contributed by atoms with Crippen molar-refractivity contribution in [1.29, 1.82) is 0 Å². The minimum atomic E-state index is -0.693. The van der Waals surface area contributed by atoms with Gasteiger partial charge in [0.25, 0.3) is 0 Å². The molecule has 180 valence electrons. The van der Waals surface area contributed by atoms with E-state index in [-0.39, 0.29) is 39.5 Å². The highest BCUT2D eigenvalue weighted by molar-refractivity contribution is 6.14. The molecule has 0 radical (unpaired) electrons. The zero-order chi connectivity index (χ0) is 25.1. The molecule has 1 N–H and O–H groups in total. The van der Waals surface area contributed by atoms with Gasteiger partial charge in [-0.25, -0.2) is 4.79 Å². The molecule has 0 atom stereocenters. The van der Waals surface area contributed by atoms with Gasteiger partial charge in [0.05, 0.1) is 38.1 Å². The van der Waals surface area contributed by atoms with E-state index in [1.54, 1.807) is 12.1 Å². The van der Waals surface area contributed by atoms with Crippen molar-refractivity contribution in [2.75, 3.05) is 26.6 Å². The number of rotatable bonds is 7. The second kappa shape index (κ2) is 9.75. The second-order valence-electron chi connectivity index (χ2n) is 7.26. The maximum absolute atomic E-state index is 12.9. The summed E-state index contributed by atoms with van der Waals surface area (Å²) in [5.74, 6) is 0.758. The van der Waals surface area contributed by atoms with Gasteiger partial charge in [-0.3, -0.25) is 10.0 Å². The van der Waals surface area contributed by atoms with E-state index in [4.69, 9.17) is 28.9 Å². The van der Waals surface area contributed by atoms with Crippen molar-refractivity contribution in [3.63, 3.8) is 0 Å². The number of anilines is 1. The summed E-state index contributed by atoms with van der Waals surface area (Å²) in [6.07, 6.45) is 1.52. The van der Waals surface area contributed by atoms with Crippen LogP contribution in [0.1, 0.15) is 26.3 Å². The quantitative estimate of drug-likeness (QED) is 0.228. The smallest absolute Gasteiger partial charge is 0.343 e. The van der Waals surface area contributed by atoms with Crippen LogP contribution in [0.4, 0.5) is 5.69 Å². The van der Waals surface area contributed by atoms with Crippen LogP contribution in [0.3, 0.4) is 0 Å². The summed E-state index contributed by atoms with van der Waals surface area (Å²) in [6, 6.07) is 12.9. The topological polar surface area (TPSA) is 127 Å². The Kier molecular flexibility index (Phi) is 6.58. The standard InChI is InChI=1S/C25H20NO9/c1-31-19-13-22(33-3)21(32-2)10-15(19)11-23-24(27)18-9-8-17(12-20(18)35-23)34-25(28)14-4-6-16(7-5-14)26(29)30/h4-13,29H,1-3H3/q-1. The molecule has 10 heteroatoms. The Labute approximate surface area is 200 Å². The predicted octanol–water partition coefficient (Wildman–Crippen LogP) is 4.24. The van der Waals surface area contributed by atoms with Gasteiger partial charge in [0.2, 0.25) is 5.78 Å². The van der Waals surface area contributed by atoms with Crippen molar-refractivity contribution >= 4 is 23.5 Å². The van der Waals surface area contributed by atoms with Crippen LogP contribution in [0.2, 0.25) is 0 Å². The van der Waals surface area contributed by atoms with E-state index < -0.39 is 5.97 Å². The Hall–Kier alpha value is -4.54. The SMILES string of the molecule is COc1cc(OC)c(OC)cc1C=C1Oc2cc(OC(=O)c3ccc(N([O-])O)cc3)ccc2C1=O. The molecule has 0 bridgehead atoms. The lowest BCUT2D eigenvalue weighted by molar-refractivity contribution is 0.0734. The fraction of sp³-hybridized carbons (Fsp3) is 0.120. The molecule has 0 saturated heterocycles. The third-order valence-corrected chi connectivity index (χ3v) is 5.20. The minimum Gasteiger partial charge on any atom is -0.733 e. The van der Waals surface area contributed by atoms with Crippen molar-refractivity contribution in [1.82, 2.24) is 0 Å². The fourth-order valence-electron chi connectivity index (χ4n) is 3.43. The van der Waals surface area contributed by atoms with Gasteiger partial charge in [-0.2, -0.15) is 0 Å². The van der Waals surface area contributed by atoms with Crippen molar-refractivity contribution in [3.8, 4) is 28.7 Å². The van der Waals surface area contributed by atoms with Gasteiger partial charge in [0.15, 0.2) is 17.3 Å². The molecule has 35 heavy (non-hydrogen) atoms. The summed E-state index contributed by atoms with van der Waals surface area (Å²) in [4.78, 5) is 25.3. The summed E-state index contributed by atoms with van der Waals surface area (Å²) in [5.41, 5.74) is 0.972. The van der Waals surface area contributed by atoms with Crippen molar-refractivity contribution in [2.45, 2.75) is 0 Å². The number of benzene rings is 3. The van der Waals surface area contributed by atoms with Crippen LogP contribution in [-0.2, 0) is 0 Å². The molecule has 1 aliphatic heterocycles. The first-order valence-corrected chi connectivity index (χ1v) is 10.2. The van der Waals surface area contributed by atoms with Gasteiger partial charge in [-0.1, -0.05) is 0 Å². The van der Waals surface area contributed by atoms with Crippen LogP contribution >= 0.6 is 0 Å². The second-order valence-corrected chi connectivity index (χ2v) is 7.26. The number of ketones is 1. The summed E-state index contributed by atoms with van der Waals surface area (Å²) in [6.45, 7) is 0. The van der Waals surface area contributed by atoms with E-state index in [2.05, 4.69) is 0 Å². The number of hydrogen-bond donors (Lipinski definition) is 1. The van der Waals surface area contributed by atoms with Gasteiger partial charge >= 0.3 is 5.97 Å². The van der Waals surface area contributed by atoms with Gasteiger partial charge in [-0.15, -0.1) is 0 Å². The molecule has 0 amide bonds.